The molecule has 0 saturated carbocycles. The standard InChI is InChI=1S/C27H17NO4/c29-24-14-20(17-8-10-22-18(13-17)7-4-12-28-22)25-23(32-24)11-9-19-26(30)21(15-31-27(19)25)16-5-2-1-3-6-16/h1-13,15,20H,14H2/t20-/m1/s1. The van der Waals surface area contributed by atoms with Crippen molar-refractivity contribution in [2.45, 2.75) is 12.3 Å². The Labute approximate surface area is 182 Å². The molecule has 2 aromatic heterocycles. The van der Waals surface area contributed by atoms with Crippen molar-refractivity contribution in [3.05, 3.63) is 107 Å². The highest BCUT2D eigenvalue weighted by molar-refractivity contribution is 5.90. The number of hydrogen-bond acceptors (Lipinski definition) is 5. The normalized spacial score (nSPS) is 15.5. The van der Waals surface area contributed by atoms with E-state index in [1.807, 2.05) is 60.7 Å². The fourth-order valence-corrected chi connectivity index (χ4v) is 4.47. The predicted molar refractivity (Wildman–Crippen MR) is 122 cm³/mol. The van der Waals surface area contributed by atoms with Crippen LogP contribution in [0.2, 0.25) is 0 Å². The van der Waals surface area contributed by atoms with E-state index in [-0.39, 0.29) is 23.7 Å². The van der Waals surface area contributed by atoms with Crippen molar-refractivity contribution in [3.8, 4) is 16.9 Å². The number of carbonyl (C=O) groups excluding carboxylic acids is 1. The lowest BCUT2D eigenvalue weighted by Crippen LogP contribution is -2.22. The number of hydrogen-bond donors (Lipinski definition) is 0. The van der Waals surface area contributed by atoms with Crippen molar-refractivity contribution in [1.29, 1.82) is 0 Å². The van der Waals surface area contributed by atoms with Crippen molar-refractivity contribution in [2.75, 3.05) is 0 Å². The van der Waals surface area contributed by atoms with E-state index in [1.165, 1.54) is 6.26 Å². The lowest BCUT2D eigenvalue weighted by atomic mass is 9.84. The maximum Gasteiger partial charge on any atom is 0.312 e. The zero-order valence-corrected chi connectivity index (χ0v) is 16.9. The Bertz CT molecular complexity index is 1570. The summed E-state index contributed by atoms with van der Waals surface area (Å²) in [7, 11) is 0. The van der Waals surface area contributed by atoms with E-state index >= 15 is 0 Å². The number of rotatable bonds is 2. The monoisotopic (exact) mass is 419 g/mol. The van der Waals surface area contributed by atoms with Gasteiger partial charge in [0, 0.05) is 23.1 Å². The number of esters is 1. The summed E-state index contributed by atoms with van der Waals surface area (Å²) in [5.41, 5.74) is 4.19. The molecule has 0 aliphatic carbocycles. The average molecular weight is 419 g/mol. The van der Waals surface area contributed by atoms with Gasteiger partial charge in [-0.1, -0.05) is 42.5 Å². The first kappa shape index (κ1) is 18.5. The van der Waals surface area contributed by atoms with Crippen LogP contribution in [0.1, 0.15) is 23.5 Å². The molecule has 1 aliphatic rings. The molecule has 0 fully saturated rings. The Morgan fingerprint density at radius 3 is 2.66 bits per heavy atom. The number of pyridine rings is 1. The topological polar surface area (TPSA) is 69.4 Å². The van der Waals surface area contributed by atoms with E-state index in [0.29, 0.717) is 22.3 Å². The molecule has 6 rings (SSSR count). The van der Waals surface area contributed by atoms with E-state index in [9.17, 15) is 9.59 Å². The van der Waals surface area contributed by atoms with Gasteiger partial charge in [-0.2, -0.15) is 0 Å². The first-order valence-electron chi connectivity index (χ1n) is 10.4. The third kappa shape index (κ3) is 2.90. The number of aromatic nitrogens is 1. The van der Waals surface area contributed by atoms with Gasteiger partial charge in [-0.25, -0.2) is 0 Å². The van der Waals surface area contributed by atoms with Gasteiger partial charge in [-0.3, -0.25) is 14.6 Å². The zero-order chi connectivity index (χ0) is 21.7. The highest BCUT2D eigenvalue weighted by atomic mass is 16.5. The first-order valence-corrected chi connectivity index (χ1v) is 10.4. The fourth-order valence-electron chi connectivity index (χ4n) is 4.47. The van der Waals surface area contributed by atoms with Gasteiger partial charge >= 0.3 is 5.97 Å². The summed E-state index contributed by atoms with van der Waals surface area (Å²) in [5, 5.41) is 1.45. The summed E-state index contributed by atoms with van der Waals surface area (Å²) in [5.74, 6) is -0.165. The van der Waals surface area contributed by atoms with Crippen molar-refractivity contribution in [1.82, 2.24) is 4.98 Å². The van der Waals surface area contributed by atoms with Crippen LogP contribution in [0.25, 0.3) is 33.0 Å². The second-order valence-electron chi connectivity index (χ2n) is 7.88. The van der Waals surface area contributed by atoms with Gasteiger partial charge in [0.1, 0.15) is 17.6 Å². The van der Waals surface area contributed by atoms with E-state index in [1.54, 1.807) is 18.3 Å². The lowest BCUT2D eigenvalue weighted by molar-refractivity contribution is -0.135. The minimum atomic E-state index is -0.309. The van der Waals surface area contributed by atoms with Crippen LogP contribution in [-0.4, -0.2) is 11.0 Å². The molecular formula is C27H17NO4. The van der Waals surface area contributed by atoms with Crippen molar-refractivity contribution < 1.29 is 13.9 Å². The Balaban J connectivity index is 1.58. The van der Waals surface area contributed by atoms with Crippen LogP contribution in [0.3, 0.4) is 0 Å². The van der Waals surface area contributed by atoms with Gasteiger partial charge < -0.3 is 9.15 Å². The largest absolute Gasteiger partial charge is 0.463 e. The third-order valence-corrected chi connectivity index (χ3v) is 6.00. The number of ether oxygens (including phenoxy) is 1. The molecule has 5 aromatic rings. The van der Waals surface area contributed by atoms with Gasteiger partial charge in [0.15, 0.2) is 0 Å². The summed E-state index contributed by atoms with van der Waals surface area (Å²) < 4.78 is 11.6. The van der Waals surface area contributed by atoms with Crippen molar-refractivity contribution >= 4 is 27.8 Å². The fraction of sp³-hybridized carbons (Fsp3) is 0.0741. The number of benzene rings is 3. The van der Waals surface area contributed by atoms with Gasteiger partial charge in [0.05, 0.1) is 22.9 Å². The lowest BCUT2D eigenvalue weighted by Gasteiger charge is -2.25. The molecule has 5 nitrogen and oxygen atoms in total. The highest BCUT2D eigenvalue weighted by Gasteiger charge is 2.32. The zero-order valence-electron chi connectivity index (χ0n) is 16.9. The maximum absolute atomic E-state index is 13.3. The Hall–Kier alpha value is -4.25. The van der Waals surface area contributed by atoms with E-state index in [2.05, 4.69) is 4.98 Å². The molecule has 154 valence electrons. The van der Waals surface area contributed by atoms with E-state index < -0.39 is 0 Å². The van der Waals surface area contributed by atoms with Gasteiger partial charge in [0.25, 0.3) is 0 Å². The molecule has 3 heterocycles. The maximum atomic E-state index is 13.3. The van der Waals surface area contributed by atoms with Gasteiger partial charge in [-0.05, 0) is 41.5 Å². The van der Waals surface area contributed by atoms with Crippen LogP contribution in [0.4, 0.5) is 0 Å². The van der Waals surface area contributed by atoms with Crippen LogP contribution in [-0.2, 0) is 4.79 Å². The molecule has 3 aromatic carbocycles. The Morgan fingerprint density at radius 2 is 1.78 bits per heavy atom. The van der Waals surface area contributed by atoms with Gasteiger partial charge in [-0.15, -0.1) is 0 Å². The molecule has 0 radical (unpaired) electrons. The highest BCUT2D eigenvalue weighted by Crippen LogP contribution is 2.43. The smallest absolute Gasteiger partial charge is 0.312 e. The SMILES string of the molecule is O=C1C[C@H](c2ccc3ncccc3c2)c2c(ccc3c(=O)c(-c4ccccc4)coc23)O1. The predicted octanol–water partition coefficient (Wildman–Crippen LogP) is 5.45. The summed E-state index contributed by atoms with van der Waals surface area (Å²) in [6.45, 7) is 0. The number of carbonyl (C=O) groups is 1. The third-order valence-electron chi connectivity index (χ3n) is 6.00. The molecule has 0 saturated heterocycles. The first-order chi connectivity index (χ1) is 15.7. The van der Waals surface area contributed by atoms with Gasteiger partial charge in [0.2, 0.25) is 5.43 Å². The summed E-state index contributed by atoms with van der Waals surface area (Å²) in [4.78, 5) is 30.1. The number of nitrogens with zero attached hydrogens (tertiary/aromatic N) is 1. The Kier molecular flexibility index (Phi) is 4.15. The molecule has 0 bridgehead atoms. The molecular weight excluding hydrogens is 402 g/mol. The molecule has 0 N–H and O–H groups in total. The second kappa shape index (κ2) is 7.17. The Morgan fingerprint density at radius 1 is 0.906 bits per heavy atom. The van der Waals surface area contributed by atoms with Crippen molar-refractivity contribution in [3.63, 3.8) is 0 Å². The minimum absolute atomic E-state index is 0.112. The van der Waals surface area contributed by atoms with Crippen LogP contribution in [0.15, 0.2) is 94.5 Å². The van der Waals surface area contributed by atoms with Crippen LogP contribution in [0.5, 0.6) is 5.75 Å². The summed E-state index contributed by atoms with van der Waals surface area (Å²) in [6, 6.07) is 22.6. The second-order valence-corrected chi connectivity index (χ2v) is 7.88. The summed E-state index contributed by atoms with van der Waals surface area (Å²) >= 11 is 0. The molecule has 5 heteroatoms. The van der Waals surface area contributed by atoms with Crippen LogP contribution < -0.4 is 10.2 Å². The van der Waals surface area contributed by atoms with Crippen molar-refractivity contribution in [2.24, 2.45) is 0 Å². The molecule has 32 heavy (non-hydrogen) atoms. The molecule has 1 atom stereocenters. The number of fused-ring (bicyclic) bond motifs is 4. The van der Waals surface area contributed by atoms with E-state index in [4.69, 9.17) is 9.15 Å². The van der Waals surface area contributed by atoms with Crippen LogP contribution >= 0.6 is 0 Å². The summed E-state index contributed by atoms with van der Waals surface area (Å²) in [6.07, 6.45) is 3.42. The minimum Gasteiger partial charge on any atom is -0.463 e. The molecule has 0 unspecified atom stereocenters. The average Bonchev–Trinajstić information content (AvgIpc) is 2.83. The van der Waals surface area contributed by atoms with E-state index in [0.717, 1.165) is 27.6 Å². The molecule has 0 amide bonds. The van der Waals surface area contributed by atoms with Crippen LogP contribution in [0, 0.1) is 0 Å². The molecule has 1 aliphatic heterocycles. The quantitative estimate of drug-likeness (QED) is 0.281. The molecule has 0 spiro atoms.